The van der Waals surface area contributed by atoms with Crippen molar-refractivity contribution in [3.05, 3.63) is 54.1 Å². The van der Waals surface area contributed by atoms with E-state index in [1.807, 2.05) is 36.6 Å². The highest BCUT2D eigenvalue weighted by Crippen LogP contribution is 2.18. The van der Waals surface area contributed by atoms with Crippen molar-refractivity contribution in [2.24, 2.45) is 0 Å². The topological polar surface area (TPSA) is 74.2 Å². The van der Waals surface area contributed by atoms with Gasteiger partial charge in [-0.1, -0.05) is 17.7 Å². The van der Waals surface area contributed by atoms with Crippen LogP contribution in [0.3, 0.4) is 0 Å². The van der Waals surface area contributed by atoms with E-state index in [2.05, 4.69) is 10.6 Å². The van der Waals surface area contributed by atoms with Crippen molar-refractivity contribution in [1.82, 2.24) is 5.32 Å². The third-order valence-electron chi connectivity index (χ3n) is 2.77. The molecule has 0 radical (unpaired) electrons. The van der Waals surface area contributed by atoms with Gasteiger partial charge < -0.3 is 15.4 Å². The summed E-state index contributed by atoms with van der Waals surface area (Å²) in [7, 11) is 0. The zero-order valence-electron chi connectivity index (χ0n) is 12.0. The molecule has 0 aliphatic rings. The van der Waals surface area contributed by atoms with Crippen LogP contribution >= 0.6 is 11.8 Å². The first-order chi connectivity index (χ1) is 10.7. The molecular formula is C16H15N3O2S. The highest BCUT2D eigenvalue weighted by atomic mass is 32.2. The Balaban J connectivity index is 1.75. The average Bonchev–Trinajstić information content (AvgIpc) is 2.51. The molecule has 0 aromatic heterocycles. The molecule has 0 unspecified atom stereocenters. The molecule has 6 heteroatoms. The summed E-state index contributed by atoms with van der Waals surface area (Å²) in [6.07, 6.45) is 0. The smallest absolute Gasteiger partial charge is 0.321 e. The van der Waals surface area contributed by atoms with E-state index >= 15 is 0 Å². The molecule has 0 fully saturated rings. The summed E-state index contributed by atoms with van der Waals surface area (Å²) in [6, 6.07) is 14.2. The van der Waals surface area contributed by atoms with Crippen LogP contribution in [0.2, 0.25) is 0 Å². The lowest BCUT2D eigenvalue weighted by Gasteiger charge is -2.09. The maximum Gasteiger partial charge on any atom is 0.321 e. The molecule has 0 aliphatic carbocycles. The number of thioether (sulfide) groups is 1. The molecule has 0 bridgehead atoms. The number of carbonyl (C=O) groups is 1. The molecule has 2 aromatic carbocycles. The summed E-state index contributed by atoms with van der Waals surface area (Å²) in [5.74, 6) is 0.698. The third kappa shape index (κ3) is 5.04. The van der Waals surface area contributed by atoms with E-state index in [4.69, 9.17) is 10.00 Å². The van der Waals surface area contributed by atoms with Gasteiger partial charge in [0.1, 0.15) is 11.2 Å². The number of ether oxygens (including phenoxy) is 1. The quantitative estimate of drug-likeness (QED) is 0.501. The second kappa shape index (κ2) is 7.96. The second-order valence-electron chi connectivity index (χ2n) is 4.45. The van der Waals surface area contributed by atoms with Gasteiger partial charge >= 0.3 is 6.03 Å². The Kier molecular flexibility index (Phi) is 5.69. The van der Waals surface area contributed by atoms with Crippen molar-refractivity contribution < 1.29 is 9.53 Å². The van der Waals surface area contributed by atoms with E-state index in [0.717, 1.165) is 22.2 Å². The molecule has 0 saturated carbocycles. The molecular weight excluding hydrogens is 298 g/mol. The fraction of sp³-hybridized carbons (Fsp3) is 0.125. The van der Waals surface area contributed by atoms with E-state index in [1.54, 1.807) is 24.3 Å². The zero-order chi connectivity index (χ0) is 15.8. The van der Waals surface area contributed by atoms with Crippen LogP contribution in [0.5, 0.6) is 5.75 Å². The van der Waals surface area contributed by atoms with Crippen molar-refractivity contribution in [3.8, 4) is 11.2 Å². The first-order valence-electron chi connectivity index (χ1n) is 6.58. The minimum atomic E-state index is -0.354. The van der Waals surface area contributed by atoms with Crippen LogP contribution in [0.25, 0.3) is 0 Å². The van der Waals surface area contributed by atoms with E-state index in [-0.39, 0.29) is 12.8 Å². The van der Waals surface area contributed by atoms with Crippen molar-refractivity contribution in [1.29, 1.82) is 5.26 Å². The average molecular weight is 313 g/mol. The second-order valence-corrected chi connectivity index (χ2v) is 5.31. The Labute approximate surface area is 133 Å². The molecule has 0 spiro atoms. The molecule has 0 atom stereocenters. The van der Waals surface area contributed by atoms with Gasteiger partial charge in [-0.25, -0.2) is 4.79 Å². The molecule has 2 N–H and O–H groups in total. The number of aryl methyl sites for hydroxylation is 1. The van der Waals surface area contributed by atoms with Crippen LogP contribution < -0.4 is 15.4 Å². The number of rotatable bonds is 5. The van der Waals surface area contributed by atoms with Gasteiger partial charge in [-0.2, -0.15) is 5.26 Å². The van der Waals surface area contributed by atoms with Gasteiger partial charge in [0, 0.05) is 10.6 Å². The lowest BCUT2D eigenvalue weighted by molar-refractivity contribution is 0.234. The van der Waals surface area contributed by atoms with E-state index < -0.39 is 0 Å². The third-order valence-corrected chi connectivity index (χ3v) is 3.37. The number of benzene rings is 2. The molecule has 112 valence electrons. The highest BCUT2D eigenvalue weighted by Gasteiger charge is 2.02. The minimum Gasteiger partial charge on any atom is -0.473 e. The van der Waals surface area contributed by atoms with Crippen molar-refractivity contribution in [3.63, 3.8) is 0 Å². The summed E-state index contributed by atoms with van der Waals surface area (Å²) in [5, 5.41) is 15.8. The molecule has 22 heavy (non-hydrogen) atoms. The highest BCUT2D eigenvalue weighted by molar-refractivity contribution is 8.03. The zero-order valence-corrected chi connectivity index (χ0v) is 12.8. The minimum absolute atomic E-state index is 0.0806. The number of nitriles is 1. The predicted octanol–water partition coefficient (Wildman–Crippen LogP) is 3.73. The summed E-state index contributed by atoms with van der Waals surface area (Å²) >= 11 is 1.07. The van der Waals surface area contributed by atoms with Crippen LogP contribution in [0.4, 0.5) is 10.5 Å². The van der Waals surface area contributed by atoms with Gasteiger partial charge in [-0.3, -0.25) is 0 Å². The molecule has 2 amide bonds. The van der Waals surface area contributed by atoms with Gasteiger partial charge in [-0.15, -0.1) is 0 Å². The van der Waals surface area contributed by atoms with Crippen LogP contribution in [0, 0.1) is 17.6 Å². The normalized spacial score (nSPS) is 9.64. The molecule has 0 aliphatic heterocycles. The number of hydrogen-bond acceptors (Lipinski definition) is 4. The standard InChI is InChI=1S/C16H15N3O2S/c1-12-2-6-14(7-3-12)21-11-18-16(20)19-13-4-8-15(9-5-13)22-10-17/h2-9H,11H2,1H3,(H2,18,19,20). The lowest BCUT2D eigenvalue weighted by Crippen LogP contribution is -2.31. The lowest BCUT2D eigenvalue weighted by atomic mass is 10.2. The number of nitrogens with one attached hydrogen (secondary N) is 2. The molecule has 2 aromatic rings. The van der Waals surface area contributed by atoms with E-state index in [0.29, 0.717) is 11.4 Å². The number of carbonyl (C=O) groups excluding carboxylic acids is 1. The van der Waals surface area contributed by atoms with Crippen LogP contribution in [-0.2, 0) is 0 Å². The van der Waals surface area contributed by atoms with Gasteiger partial charge in [0.25, 0.3) is 0 Å². The summed E-state index contributed by atoms with van der Waals surface area (Å²) < 4.78 is 5.41. The molecule has 0 heterocycles. The van der Waals surface area contributed by atoms with Crippen LogP contribution in [0.1, 0.15) is 5.56 Å². The van der Waals surface area contributed by atoms with Crippen molar-refractivity contribution >= 4 is 23.5 Å². The number of anilines is 1. The SMILES string of the molecule is Cc1ccc(OCNC(=O)Nc2ccc(SC#N)cc2)cc1. The summed E-state index contributed by atoms with van der Waals surface area (Å²) in [4.78, 5) is 12.5. The summed E-state index contributed by atoms with van der Waals surface area (Å²) in [6.45, 7) is 2.08. The van der Waals surface area contributed by atoms with Crippen LogP contribution in [-0.4, -0.2) is 12.8 Å². The fourth-order valence-corrected chi connectivity index (χ4v) is 2.03. The number of hydrogen-bond donors (Lipinski definition) is 2. The molecule has 2 rings (SSSR count). The van der Waals surface area contributed by atoms with Crippen molar-refractivity contribution in [2.45, 2.75) is 11.8 Å². The Morgan fingerprint density at radius 2 is 1.86 bits per heavy atom. The number of urea groups is 1. The Morgan fingerprint density at radius 3 is 2.50 bits per heavy atom. The predicted molar refractivity (Wildman–Crippen MR) is 86.7 cm³/mol. The first-order valence-corrected chi connectivity index (χ1v) is 7.39. The largest absolute Gasteiger partial charge is 0.473 e. The van der Waals surface area contributed by atoms with Crippen LogP contribution in [0.15, 0.2) is 53.4 Å². The Morgan fingerprint density at radius 1 is 1.18 bits per heavy atom. The molecule has 5 nitrogen and oxygen atoms in total. The Bertz CT molecular complexity index is 663. The maximum absolute atomic E-state index is 11.7. The first kappa shape index (κ1) is 15.7. The fourth-order valence-electron chi connectivity index (χ4n) is 1.65. The van der Waals surface area contributed by atoms with Gasteiger partial charge in [-0.05, 0) is 55.1 Å². The van der Waals surface area contributed by atoms with Gasteiger partial charge in [0.15, 0.2) is 6.73 Å². The molecule has 0 saturated heterocycles. The number of thiocyanates is 1. The Hall–Kier alpha value is -2.65. The van der Waals surface area contributed by atoms with Gasteiger partial charge in [0.2, 0.25) is 0 Å². The van der Waals surface area contributed by atoms with E-state index in [1.165, 1.54) is 0 Å². The monoisotopic (exact) mass is 313 g/mol. The van der Waals surface area contributed by atoms with Gasteiger partial charge in [0.05, 0.1) is 0 Å². The number of amides is 2. The van der Waals surface area contributed by atoms with E-state index in [9.17, 15) is 4.79 Å². The maximum atomic E-state index is 11.7. The number of nitrogens with zero attached hydrogens (tertiary/aromatic N) is 1. The van der Waals surface area contributed by atoms with Crippen molar-refractivity contribution in [2.75, 3.05) is 12.0 Å². The summed E-state index contributed by atoms with van der Waals surface area (Å²) in [5.41, 5.74) is 1.80.